The summed E-state index contributed by atoms with van der Waals surface area (Å²) in [6.45, 7) is 1.88. The summed E-state index contributed by atoms with van der Waals surface area (Å²) >= 11 is 0. The Labute approximate surface area is 86.4 Å². The highest BCUT2D eigenvalue weighted by Gasteiger charge is 2.17. The van der Waals surface area contributed by atoms with E-state index in [1.807, 2.05) is 6.92 Å². The molecule has 0 aliphatic heterocycles. The van der Waals surface area contributed by atoms with E-state index in [1.54, 1.807) is 17.7 Å². The lowest BCUT2D eigenvalue weighted by molar-refractivity contribution is 0.0698. The van der Waals surface area contributed by atoms with Gasteiger partial charge in [-0.3, -0.25) is 0 Å². The van der Waals surface area contributed by atoms with Gasteiger partial charge < -0.3 is 14.8 Å². The first kappa shape index (κ1) is 9.58. The molecule has 1 aromatic heterocycles. The number of aromatic carboxylic acids is 1. The normalized spacial score (nSPS) is 10.8. The van der Waals surface area contributed by atoms with E-state index in [0.29, 0.717) is 5.39 Å². The lowest BCUT2D eigenvalue weighted by Crippen LogP contribution is -1.94. The zero-order chi connectivity index (χ0) is 11.2. The maximum atomic E-state index is 11.0. The van der Waals surface area contributed by atoms with Crippen molar-refractivity contribution in [3.8, 4) is 5.75 Å². The van der Waals surface area contributed by atoms with Crippen molar-refractivity contribution in [2.45, 2.75) is 6.92 Å². The molecule has 0 saturated heterocycles. The van der Waals surface area contributed by atoms with Crippen LogP contribution in [0.3, 0.4) is 0 Å². The van der Waals surface area contributed by atoms with Gasteiger partial charge in [0, 0.05) is 13.2 Å². The molecule has 4 heteroatoms. The topological polar surface area (TPSA) is 62.5 Å². The van der Waals surface area contributed by atoms with Gasteiger partial charge >= 0.3 is 5.97 Å². The van der Waals surface area contributed by atoms with Gasteiger partial charge in [0.1, 0.15) is 5.75 Å². The number of phenols is 1. The summed E-state index contributed by atoms with van der Waals surface area (Å²) in [7, 11) is 1.77. The van der Waals surface area contributed by atoms with Gasteiger partial charge in [-0.25, -0.2) is 4.79 Å². The summed E-state index contributed by atoms with van der Waals surface area (Å²) in [5.41, 5.74) is 1.83. The summed E-state index contributed by atoms with van der Waals surface area (Å²) in [6, 6.07) is 3.29. The molecule has 2 N–H and O–H groups in total. The first-order valence-corrected chi connectivity index (χ1v) is 4.53. The van der Waals surface area contributed by atoms with E-state index in [0.717, 1.165) is 11.1 Å². The molecule has 0 atom stereocenters. The van der Waals surface area contributed by atoms with Crippen LogP contribution in [-0.2, 0) is 7.05 Å². The number of carboxylic acids is 1. The van der Waals surface area contributed by atoms with Crippen LogP contribution >= 0.6 is 0 Å². The molecular weight excluding hydrogens is 194 g/mol. The van der Waals surface area contributed by atoms with E-state index in [2.05, 4.69) is 0 Å². The second-order valence-corrected chi connectivity index (χ2v) is 3.58. The van der Waals surface area contributed by atoms with Crippen LogP contribution in [0.2, 0.25) is 0 Å². The average Bonchev–Trinajstić information content (AvgIpc) is 2.51. The van der Waals surface area contributed by atoms with Gasteiger partial charge in [0.2, 0.25) is 0 Å². The third-order valence-corrected chi connectivity index (χ3v) is 2.53. The predicted molar refractivity (Wildman–Crippen MR) is 56.3 cm³/mol. The van der Waals surface area contributed by atoms with E-state index >= 15 is 0 Å². The number of phenolic OH excluding ortho intramolecular Hbond substituents is 1. The van der Waals surface area contributed by atoms with Crippen molar-refractivity contribution >= 4 is 16.9 Å². The third-order valence-electron chi connectivity index (χ3n) is 2.53. The largest absolute Gasteiger partial charge is 0.507 e. The fourth-order valence-electron chi connectivity index (χ4n) is 1.89. The number of hydrogen-bond donors (Lipinski definition) is 2. The number of rotatable bonds is 1. The summed E-state index contributed by atoms with van der Waals surface area (Å²) in [6.07, 6.45) is 1.51. The summed E-state index contributed by atoms with van der Waals surface area (Å²) in [5, 5.41) is 19.1. The fourth-order valence-corrected chi connectivity index (χ4v) is 1.89. The van der Waals surface area contributed by atoms with Crippen molar-refractivity contribution in [3.63, 3.8) is 0 Å². The lowest BCUT2D eigenvalue weighted by Gasteiger charge is -2.02. The van der Waals surface area contributed by atoms with Crippen LogP contribution in [-0.4, -0.2) is 20.7 Å². The lowest BCUT2D eigenvalue weighted by atomic mass is 10.1. The first-order valence-electron chi connectivity index (χ1n) is 4.53. The summed E-state index contributed by atoms with van der Waals surface area (Å²) < 4.78 is 1.72. The van der Waals surface area contributed by atoms with Gasteiger partial charge in [-0.15, -0.1) is 0 Å². The minimum atomic E-state index is -1.03. The van der Waals surface area contributed by atoms with Crippen LogP contribution in [0, 0.1) is 6.92 Å². The third kappa shape index (κ3) is 1.26. The number of fused-ring (bicyclic) bond motifs is 1. The highest BCUT2D eigenvalue weighted by molar-refractivity contribution is 6.06. The van der Waals surface area contributed by atoms with Crippen LogP contribution in [0.15, 0.2) is 18.3 Å². The van der Waals surface area contributed by atoms with E-state index in [-0.39, 0.29) is 11.3 Å². The van der Waals surface area contributed by atoms with Gasteiger partial charge in [0.15, 0.2) is 0 Å². The van der Waals surface area contributed by atoms with Crippen LogP contribution in [0.25, 0.3) is 10.9 Å². The number of aryl methyl sites for hydroxylation is 2. The van der Waals surface area contributed by atoms with Crippen molar-refractivity contribution in [2.75, 3.05) is 0 Å². The van der Waals surface area contributed by atoms with Gasteiger partial charge in [0.25, 0.3) is 0 Å². The molecule has 0 bridgehead atoms. The zero-order valence-electron chi connectivity index (χ0n) is 8.48. The second kappa shape index (κ2) is 3.02. The summed E-state index contributed by atoms with van der Waals surface area (Å²) in [5.74, 6) is -1.02. The molecule has 0 aliphatic carbocycles. The highest BCUT2D eigenvalue weighted by Crippen LogP contribution is 2.31. The molecule has 0 unspecified atom stereocenters. The molecule has 78 valence electrons. The second-order valence-electron chi connectivity index (χ2n) is 3.58. The molecule has 0 radical (unpaired) electrons. The van der Waals surface area contributed by atoms with Crippen molar-refractivity contribution < 1.29 is 15.0 Å². The smallest absolute Gasteiger partial charge is 0.338 e. The van der Waals surface area contributed by atoms with Crippen molar-refractivity contribution in [1.29, 1.82) is 0 Å². The maximum Gasteiger partial charge on any atom is 0.338 e. The van der Waals surface area contributed by atoms with Crippen molar-refractivity contribution in [1.82, 2.24) is 4.57 Å². The van der Waals surface area contributed by atoms with E-state index in [1.165, 1.54) is 12.3 Å². The van der Waals surface area contributed by atoms with Gasteiger partial charge in [-0.05, 0) is 18.6 Å². The molecule has 0 spiro atoms. The van der Waals surface area contributed by atoms with E-state index < -0.39 is 5.97 Å². The van der Waals surface area contributed by atoms with Gasteiger partial charge in [0.05, 0.1) is 16.5 Å². The predicted octanol–water partition coefficient (Wildman–Crippen LogP) is 1.89. The molecule has 15 heavy (non-hydrogen) atoms. The summed E-state index contributed by atoms with van der Waals surface area (Å²) in [4.78, 5) is 11.0. The molecule has 0 fully saturated rings. The number of hydrogen-bond acceptors (Lipinski definition) is 2. The standard InChI is InChI=1S/C11H11NO3/c1-6-3-4-8(13)9-7(11(14)15)5-12(2)10(6)9/h3-5,13H,1-2H3,(H,14,15). The monoisotopic (exact) mass is 205 g/mol. The first-order chi connectivity index (χ1) is 7.02. The Morgan fingerprint density at radius 3 is 2.67 bits per heavy atom. The Balaban J connectivity index is 2.98. The molecule has 0 amide bonds. The average molecular weight is 205 g/mol. The number of aromatic nitrogens is 1. The molecule has 2 rings (SSSR count). The number of carbonyl (C=O) groups is 1. The number of nitrogens with zero attached hydrogens (tertiary/aromatic N) is 1. The maximum absolute atomic E-state index is 11.0. The quantitative estimate of drug-likeness (QED) is 0.747. The SMILES string of the molecule is Cc1ccc(O)c2c(C(=O)O)cn(C)c12. The minimum Gasteiger partial charge on any atom is -0.507 e. The zero-order valence-corrected chi connectivity index (χ0v) is 8.48. The Hall–Kier alpha value is -1.97. The fraction of sp³-hybridized carbons (Fsp3) is 0.182. The molecule has 1 aromatic carbocycles. The van der Waals surface area contributed by atoms with E-state index in [4.69, 9.17) is 5.11 Å². The van der Waals surface area contributed by atoms with E-state index in [9.17, 15) is 9.90 Å². The molecule has 1 heterocycles. The molecule has 0 saturated carbocycles. The Bertz CT molecular complexity index is 554. The van der Waals surface area contributed by atoms with Crippen molar-refractivity contribution in [3.05, 3.63) is 29.5 Å². The Morgan fingerprint density at radius 1 is 1.40 bits per heavy atom. The Morgan fingerprint density at radius 2 is 2.07 bits per heavy atom. The van der Waals surface area contributed by atoms with Crippen molar-refractivity contribution in [2.24, 2.45) is 7.05 Å². The van der Waals surface area contributed by atoms with Crippen LogP contribution in [0.1, 0.15) is 15.9 Å². The minimum absolute atomic E-state index is 0.00796. The molecule has 0 aliphatic rings. The van der Waals surface area contributed by atoms with Gasteiger partial charge in [-0.1, -0.05) is 6.07 Å². The van der Waals surface area contributed by atoms with Crippen LogP contribution in [0.4, 0.5) is 0 Å². The van der Waals surface area contributed by atoms with Crippen LogP contribution < -0.4 is 0 Å². The molecular formula is C11H11NO3. The van der Waals surface area contributed by atoms with Gasteiger partial charge in [-0.2, -0.15) is 0 Å². The highest BCUT2D eigenvalue weighted by atomic mass is 16.4. The number of aromatic hydroxyl groups is 1. The number of carboxylic acid groups (broad SMARTS) is 1. The molecule has 4 nitrogen and oxygen atoms in total. The number of benzene rings is 1. The van der Waals surface area contributed by atoms with Crippen LogP contribution in [0.5, 0.6) is 5.75 Å². The Kier molecular flexibility index (Phi) is 1.93. The molecule has 2 aromatic rings.